The van der Waals surface area contributed by atoms with Gasteiger partial charge in [0.1, 0.15) is 0 Å². The second-order valence-corrected chi connectivity index (χ2v) is 12.3. The van der Waals surface area contributed by atoms with Crippen LogP contribution in [0.5, 0.6) is 0 Å². The van der Waals surface area contributed by atoms with Gasteiger partial charge < -0.3 is 19.3 Å². The Labute approximate surface area is 210 Å². The number of carbonyl (C=O) groups is 3. The normalized spacial score (nSPS) is 48.1. The van der Waals surface area contributed by atoms with E-state index in [0.29, 0.717) is 37.7 Å². The predicted molar refractivity (Wildman–Crippen MR) is 125 cm³/mol. The van der Waals surface area contributed by atoms with Gasteiger partial charge in [0.2, 0.25) is 5.78 Å². The van der Waals surface area contributed by atoms with E-state index in [1.807, 2.05) is 6.92 Å². The van der Waals surface area contributed by atoms with E-state index < -0.39 is 58.6 Å². The van der Waals surface area contributed by atoms with Crippen molar-refractivity contribution in [3.63, 3.8) is 0 Å². The second kappa shape index (κ2) is 7.58. The Hall–Kier alpha value is -1.90. The maximum absolute atomic E-state index is 17.4. The predicted octanol–water partition coefficient (Wildman–Crippen LogP) is 3.52. The zero-order valence-corrected chi connectivity index (χ0v) is 21.2. The van der Waals surface area contributed by atoms with E-state index in [9.17, 15) is 19.5 Å². The van der Waals surface area contributed by atoms with Crippen LogP contribution < -0.4 is 0 Å². The number of carbonyl (C=O) groups excluding carboxylic acids is 3. The van der Waals surface area contributed by atoms with Crippen LogP contribution in [0.4, 0.5) is 4.39 Å². The number of esters is 1. The highest BCUT2D eigenvalue weighted by molar-refractivity contribution is 6.01. The number of hydrogen-bond donors (Lipinski definition) is 1. The largest absolute Gasteiger partial charge is 0.458 e. The van der Waals surface area contributed by atoms with Crippen molar-refractivity contribution >= 4 is 17.5 Å². The highest BCUT2D eigenvalue weighted by Crippen LogP contribution is 2.73. The van der Waals surface area contributed by atoms with Crippen LogP contribution in [0.1, 0.15) is 72.1 Å². The summed E-state index contributed by atoms with van der Waals surface area (Å²) in [6.45, 7) is 4.52. The molecule has 1 aliphatic heterocycles. The molecule has 6 aliphatic rings. The summed E-state index contributed by atoms with van der Waals surface area (Å²) in [6, 6.07) is 0. The number of halogens is 1. The number of ether oxygens (including phenoxy) is 3. The van der Waals surface area contributed by atoms with Gasteiger partial charge in [-0.15, -0.1) is 0 Å². The molecule has 0 amide bonds. The first kappa shape index (κ1) is 24.4. The lowest BCUT2D eigenvalue weighted by Crippen LogP contribution is -2.70. The third kappa shape index (κ3) is 2.81. The maximum Gasteiger partial charge on any atom is 0.303 e. The number of aliphatic hydroxyl groups is 1. The standard InChI is InChI=1S/C28H35FO7/c1-16(30)34-15-22(33)28-23(35-26(36-28)9-4-5-10-26)13-20-19-7-6-17-12-18(31)8-11-24(17,2)27(19,29)21(32)14-25(20,28)3/h8,11-12,19-21,23,32H,4-7,9-10,13-15H2,1-3H3/t19?,20-,21-,23+,24-,25-,27-,28+/m0/s1. The molecule has 0 aromatic heterocycles. The minimum absolute atomic E-state index is 0.0110. The van der Waals surface area contributed by atoms with Crippen molar-refractivity contribution in [1.82, 2.24) is 0 Å². The number of aliphatic hydroxyl groups excluding tert-OH is 1. The van der Waals surface area contributed by atoms with Crippen molar-refractivity contribution in [3.8, 4) is 0 Å². The van der Waals surface area contributed by atoms with Crippen molar-refractivity contribution in [2.75, 3.05) is 6.61 Å². The molecule has 8 heteroatoms. The molecule has 1 spiro atoms. The molecule has 196 valence electrons. The molecular formula is C28H35FO7. The van der Waals surface area contributed by atoms with Gasteiger partial charge in [0.15, 0.2) is 29.4 Å². The van der Waals surface area contributed by atoms with Gasteiger partial charge in [0.25, 0.3) is 0 Å². The Morgan fingerprint density at radius 1 is 1.22 bits per heavy atom. The molecule has 1 unspecified atom stereocenters. The van der Waals surface area contributed by atoms with E-state index in [-0.39, 0.29) is 23.9 Å². The van der Waals surface area contributed by atoms with E-state index in [1.165, 1.54) is 19.1 Å². The minimum Gasteiger partial charge on any atom is -0.458 e. The molecule has 6 rings (SSSR count). The maximum atomic E-state index is 17.4. The number of allylic oxidation sites excluding steroid dienone is 4. The summed E-state index contributed by atoms with van der Waals surface area (Å²) in [5.74, 6) is -2.80. The Balaban J connectivity index is 1.44. The van der Waals surface area contributed by atoms with Crippen molar-refractivity contribution in [1.29, 1.82) is 0 Å². The Morgan fingerprint density at radius 3 is 2.64 bits per heavy atom. The third-order valence-corrected chi connectivity index (χ3v) is 10.7. The molecule has 5 fully saturated rings. The fourth-order valence-corrected chi connectivity index (χ4v) is 9.04. The second-order valence-electron chi connectivity index (χ2n) is 12.3. The van der Waals surface area contributed by atoms with Gasteiger partial charge in [0, 0.05) is 36.5 Å². The van der Waals surface area contributed by atoms with Gasteiger partial charge in [-0.3, -0.25) is 14.4 Å². The van der Waals surface area contributed by atoms with Crippen LogP contribution >= 0.6 is 0 Å². The summed E-state index contributed by atoms with van der Waals surface area (Å²) in [7, 11) is 0. The average molecular weight is 503 g/mol. The zero-order chi connectivity index (χ0) is 25.7. The molecule has 1 saturated heterocycles. The average Bonchev–Trinajstić information content (AvgIpc) is 3.47. The number of ketones is 2. The first-order chi connectivity index (χ1) is 16.9. The summed E-state index contributed by atoms with van der Waals surface area (Å²) in [6.07, 6.45) is 7.23. The fourth-order valence-electron chi connectivity index (χ4n) is 9.04. The van der Waals surface area contributed by atoms with Crippen LogP contribution in [0.15, 0.2) is 23.8 Å². The molecule has 7 nitrogen and oxygen atoms in total. The molecule has 4 saturated carbocycles. The van der Waals surface area contributed by atoms with Crippen LogP contribution in [0, 0.1) is 22.7 Å². The molecule has 36 heavy (non-hydrogen) atoms. The summed E-state index contributed by atoms with van der Waals surface area (Å²) < 4.78 is 35.8. The number of alkyl halides is 1. The molecule has 0 aromatic carbocycles. The number of Topliss-reactive ketones (excluding diaryl/α,β-unsaturated/α-hetero) is 1. The minimum atomic E-state index is -2.00. The highest BCUT2D eigenvalue weighted by Gasteiger charge is 2.80. The van der Waals surface area contributed by atoms with Crippen molar-refractivity contribution < 1.29 is 38.1 Å². The van der Waals surface area contributed by atoms with Crippen LogP contribution in [-0.4, -0.2) is 58.5 Å². The van der Waals surface area contributed by atoms with Gasteiger partial charge >= 0.3 is 5.97 Å². The van der Waals surface area contributed by atoms with Crippen molar-refractivity contribution in [2.45, 2.75) is 101 Å². The molecule has 5 aliphatic carbocycles. The van der Waals surface area contributed by atoms with E-state index in [2.05, 4.69) is 0 Å². The van der Waals surface area contributed by atoms with Gasteiger partial charge in [-0.05, 0) is 63.5 Å². The van der Waals surface area contributed by atoms with E-state index >= 15 is 4.39 Å². The first-order valence-corrected chi connectivity index (χ1v) is 13.3. The van der Waals surface area contributed by atoms with Gasteiger partial charge in [0.05, 0.1) is 12.2 Å². The topological polar surface area (TPSA) is 99.1 Å². The van der Waals surface area contributed by atoms with Crippen LogP contribution in [-0.2, 0) is 28.6 Å². The van der Waals surface area contributed by atoms with E-state index in [1.54, 1.807) is 13.0 Å². The molecular weight excluding hydrogens is 467 g/mol. The monoisotopic (exact) mass is 502 g/mol. The highest BCUT2D eigenvalue weighted by atomic mass is 19.1. The molecule has 1 N–H and O–H groups in total. The third-order valence-electron chi connectivity index (χ3n) is 10.7. The fraction of sp³-hybridized carbons (Fsp3) is 0.750. The number of fused-ring (bicyclic) bond motifs is 7. The lowest BCUT2D eigenvalue weighted by molar-refractivity contribution is -0.253. The van der Waals surface area contributed by atoms with Gasteiger partial charge in [-0.1, -0.05) is 18.6 Å². The molecule has 0 bridgehead atoms. The SMILES string of the molecule is CC(=O)OCC(=O)[C@@]12OC3(CCCC3)O[C@@H]1C[C@H]1C3CCC4=CC(=O)C=C[C@]4(C)[C@@]3(F)[C@@H](O)C[C@@]12C. The van der Waals surface area contributed by atoms with Crippen LogP contribution in [0.3, 0.4) is 0 Å². The zero-order valence-electron chi connectivity index (χ0n) is 21.2. The summed E-state index contributed by atoms with van der Waals surface area (Å²) in [4.78, 5) is 37.5. The van der Waals surface area contributed by atoms with Crippen molar-refractivity contribution in [3.05, 3.63) is 23.8 Å². The molecule has 8 atom stereocenters. The molecule has 0 radical (unpaired) electrons. The van der Waals surface area contributed by atoms with Gasteiger partial charge in [-0.25, -0.2) is 4.39 Å². The summed E-state index contributed by atoms with van der Waals surface area (Å²) in [5.41, 5.74) is -4.72. The summed E-state index contributed by atoms with van der Waals surface area (Å²) in [5, 5.41) is 11.6. The molecule has 1 heterocycles. The van der Waals surface area contributed by atoms with E-state index in [4.69, 9.17) is 14.2 Å². The van der Waals surface area contributed by atoms with Crippen LogP contribution in [0.2, 0.25) is 0 Å². The quantitative estimate of drug-likeness (QED) is 0.590. The Bertz CT molecular complexity index is 1090. The van der Waals surface area contributed by atoms with Gasteiger partial charge in [-0.2, -0.15) is 0 Å². The van der Waals surface area contributed by atoms with Crippen LogP contribution in [0.25, 0.3) is 0 Å². The van der Waals surface area contributed by atoms with Crippen molar-refractivity contribution in [2.24, 2.45) is 22.7 Å². The lowest BCUT2D eigenvalue weighted by atomic mass is 9.44. The Morgan fingerprint density at radius 2 is 1.94 bits per heavy atom. The smallest absolute Gasteiger partial charge is 0.303 e. The Kier molecular flexibility index (Phi) is 5.14. The molecule has 0 aromatic rings. The first-order valence-electron chi connectivity index (χ1n) is 13.3. The lowest BCUT2D eigenvalue weighted by Gasteiger charge is -2.62. The van der Waals surface area contributed by atoms with E-state index in [0.717, 1.165) is 12.8 Å². The number of rotatable bonds is 3. The number of hydrogen-bond acceptors (Lipinski definition) is 7. The summed E-state index contributed by atoms with van der Waals surface area (Å²) >= 11 is 0.